The predicted octanol–water partition coefficient (Wildman–Crippen LogP) is 5.55. The normalized spacial score (nSPS) is 10.7. The molecule has 0 saturated carbocycles. The summed E-state index contributed by atoms with van der Waals surface area (Å²) >= 11 is 18.5. The van der Waals surface area contributed by atoms with Crippen LogP contribution in [0.1, 0.15) is 0 Å². The summed E-state index contributed by atoms with van der Waals surface area (Å²) in [5.41, 5.74) is 2.00. The molecule has 13 heavy (non-hydrogen) atoms. The summed E-state index contributed by atoms with van der Waals surface area (Å²) in [5.74, 6) is 0. The maximum atomic E-state index is 6.04. The molecule has 2 aromatic heterocycles. The van der Waals surface area contributed by atoms with Crippen molar-refractivity contribution >= 4 is 61.8 Å². The fourth-order valence-corrected chi connectivity index (χ4v) is 3.89. The van der Waals surface area contributed by atoms with E-state index in [1.165, 1.54) is 22.7 Å². The molecule has 0 N–H and O–H groups in total. The largest absolute Gasteiger partial charge is 0.131 e. The molecule has 0 aliphatic rings. The third-order valence-electron chi connectivity index (χ3n) is 1.59. The van der Waals surface area contributed by atoms with E-state index in [2.05, 4.69) is 15.9 Å². The molecule has 0 saturated heterocycles. The highest BCUT2D eigenvalue weighted by atomic mass is 79.9. The Kier molecular flexibility index (Phi) is 3.01. The minimum atomic E-state index is 0.771. The molecule has 0 spiro atoms. The maximum absolute atomic E-state index is 6.04. The van der Waals surface area contributed by atoms with E-state index in [1.54, 1.807) is 0 Å². The van der Waals surface area contributed by atoms with Crippen molar-refractivity contribution in [2.75, 3.05) is 0 Å². The Bertz CT molecular complexity index is 414. The van der Waals surface area contributed by atoms with Crippen LogP contribution in [-0.4, -0.2) is 0 Å². The number of rotatable bonds is 1. The zero-order valence-electron chi connectivity index (χ0n) is 6.18. The highest BCUT2D eigenvalue weighted by molar-refractivity contribution is 9.10. The van der Waals surface area contributed by atoms with Crippen molar-refractivity contribution in [2.24, 2.45) is 0 Å². The zero-order valence-corrected chi connectivity index (χ0v) is 10.9. The van der Waals surface area contributed by atoms with Gasteiger partial charge in [0.05, 0.1) is 0 Å². The summed E-state index contributed by atoms with van der Waals surface area (Å²) in [5, 5.41) is 3.92. The van der Waals surface area contributed by atoms with Crippen molar-refractivity contribution < 1.29 is 0 Å². The first-order chi connectivity index (χ1) is 6.20. The van der Waals surface area contributed by atoms with Crippen LogP contribution in [0.4, 0.5) is 0 Å². The standard InChI is InChI=1S/C8H3BrCl2S2/c9-5-3-13-8(11)6(5)4-1-2-12-7(4)10/h1-3H. The molecular weight excluding hydrogens is 311 g/mol. The molecule has 0 aliphatic heterocycles. The van der Waals surface area contributed by atoms with Crippen molar-refractivity contribution in [3.63, 3.8) is 0 Å². The Hall–Kier alpha value is 0.460. The first-order valence-electron chi connectivity index (χ1n) is 3.36. The van der Waals surface area contributed by atoms with Crippen LogP contribution in [0.25, 0.3) is 11.1 Å². The molecule has 0 aromatic carbocycles. The van der Waals surface area contributed by atoms with Gasteiger partial charge >= 0.3 is 0 Å². The highest BCUT2D eigenvalue weighted by Crippen LogP contribution is 2.44. The summed E-state index contributed by atoms with van der Waals surface area (Å²) < 4.78 is 2.55. The molecular formula is C8H3BrCl2S2. The monoisotopic (exact) mass is 312 g/mol. The summed E-state index contributed by atoms with van der Waals surface area (Å²) in [6.07, 6.45) is 0. The van der Waals surface area contributed by atoms with E-state index in [0.717, 1.165) is 24.3 Å². The molecule has 0 fully saturated rings. The van der Waals surface area contributed by atoms with Gasteiger partial charge in [-0.25, -0.2) is 0 Å². The molecule has 0 radical (unpaired) electrons. The minimum Gasteiger partial charge on any atom is -0.131 e. The van der Waals surface area contributed by atoms with Crippen molar-refractivity contribution in [3.05, 3.63) is 30.0 Å². The van der Waals surface area contributed by atoms with Crippen LogP contribution < -0.4 is 0 Å². The van der Waals surface area contributed by atoms with Gasteiger partial charge in [0.15, 0.2) is 0 Å². The molecule has 0 aliphatic carbocycles. The van der Waals surface area contributed by atoms with Gasteiger partial charge in [-0.2, -0.15) is 0 Å². The molecule has 0 nitrogen and oxygen atoms in total. The van der Waals surface area contributed by atoms with E-state index in [9.17, 15) is 0 Å². The Morgan fingerprint density at radius 3 is 2.38 bits per heavy atom. The van der Waals surface area contributed by atoms with E-state index >= 15 is 0 Å². The third kappa shape index (κ3) is 1.81. The van der Waals surface area contributed by atoms with E-state index in [1.807, 2.05) is 16.8 Å². The average Bonchev–Trinajstić information content (AvgIpc) is 2.60. The lowest BCUT2D eigenvalue weighted by Gasteiger charge is -1.97. The minimum absolute atomic E-state index is 0.771. The van der Waals surface area contributed by atoms with Gasteiger partial charge in [-0.05, 0) is 27.4 Å². The molecule has 0 unspecified atom stereocenters. The fourth-order valence-electron chi connectivity index (χ4n) is 1.02. The van der Waals surface area contributed by atoms with Crippen LogP contribution in [0.15, 0.2) is 21.3 Å². The van der Waals surface area contributed by atoms with Gasteiger partial charge in [-0.1, -0.05) is 23.2 Å². The number of thiophene rings is 2. The molecule has 0 bridgehead atoms. The molecule has 0 amide bonds. The van der Waals surface area contributed by atoms with Crippen LogP contribution in [0.3, 0.4) is 0 Å². The first kappa shape index (κ1) is 9.99. The van der Waals surface area contributed by atoms with Crippen LogP contribution >= 0.6 is 61.8 Å². The highest BCUT2D eigenvalue weighted by Gasteiger charge is 2.13. The lowest BCUT2D eigenvalue weighted by molar-refractivity contribution is 1.78. The molecule has 2 rings (SSSR count). The van der Waals surface area contributed by atoms with Crippen molar-refractivity contribution in [3.8, 4) is 11.1 Å². The number of hydrogen-bond donors (Lipinski definition) is 0. The SMILES string of the molecule is Clc1sccc1-c1c(Br)csc1Cl. The van der Waals surface area contributed by atoms with Crippen LogP contribution in [-0.2, 0) is 0 Å². The van der Waals surface area contributed by atoms with E-state index in [-0.39, 0.29) is 0 Å². The summed E-state index contributed by atoms with van der Waals surface area (Å²) in [6, 6.07) is 1.98. The molecule has 2 aromatic rings. The first-order valence-corrected chi connectivity index (χ1v) is 6.67. The fraction of sp³-hybridized carbons (Fsp3) is 0. The maximum Gasteiger partial charge on any atom is 0.102 e. The Morgan fingerprint density at radius 1 is 1.15 bits per heavy atom. The van der Waals surface area contributed by atoms with Gasteiger partial charge in [-0.3, -0.25) is 0 Å². The number of halogens is 3. The molecule has 5 heteroatoms. The average molecular weight is 314 g/mol. The second kappa shape index (κ2) is 3.91. The quantitative estimate of drug-likeness (QED) is 0.648. The van der Waals surface area contributed by atoms with Gasteiger partial charge < -0.3 is 0 Å². The second-order valence-corrected chi connectivity index (χ2v) is 6.19. The topological polar surface area (TPSA) is 0 Å². The molecule has 2 heterocycles. The number of hydrogen-bond acceptors (Lipinski definition) is 2. The Balaban J connectivity index is 2.64. The van der Waals surface area contributed by atoms with Crippen molar-refractivity contribution in [1.82, 2.24) is 0 Å². The van der Waals surface area contributed by atoms with Gasteiger partial charge in [0.25, 0.3) is 0 Å². The van der Waals surface area contributed by atoms with Gasteiger partial charge in [0.2, 0.25) is 0 Å². The summed E-state index contributed by atoms with van der Waals surface area (Å²) in [4.78, 5) is 0. The van der Waals surface area contributed by atoms with Gasteiger partial charge in [0.1, 0.15) is 8.67 Å². The lowest BCUT2D eigenvalue weighted by Crippen LogP contribution is -1.71. The summed E-state index contributed by atoms with van der Waals surface area (Å²) in [6.45, 7) is 0. The van der Waals surface area contributed by atoms with Crippen LogP contribution in [0.2, 0.25) is 8.67 Å². The van der Waals surface area contributed by atoms with E-state index in [4.69, 9.17) is 23.2 Å². The zero-order chi connectivity index (χ0) is 9.42. The summed E-state index contributed by atoms with van der Waals surface area (Å²) in [7, 11) is 0. The Morgan fingerprint density at radius 2 is 1.92 bits per heavy atom. The van der Waals surface area contributed by atoms with E-state index in [0.29, 0.717) is 0 Å². The smallest absolute Gasteiger partial charge is 0.102 e. The molecule has 68 valence electrons. The van der Waals surface area contributed by atoms with E-state index < -0.39 is 0 Å². The lowest BCUT2D eigenvalue weighted by atomic mass is 10.2. The van der Waals surface area contributed by atoms with Crippen molar-refractivity contribution in [1.29, 1.82) is 0 Å². The molecule has 0 atom stereocenters. The second-order valence-electron chi connectivity index (χ2n) is 2.34. The Labute approximate surface area is 102 Å². The van der Waals surface area contributed by atoms with Gasteiger partial charge in [0, 0.05) is 21.0 Å². The third-order valence-corrected chi connectivity index (χ3v) is 4.91. The van der Waals surface area contributed by atoms with Crippen LogP contribution in [0, 0.1) is 0 Å². The van der Waals surface area contributed by atoms with Gasteiger partial charge in [-0.15, -0.1) is 22.7 Å². The predicted molar refractivity (Wildman–Crippen MR) is 65.4 cm³/mol. The van der Waals surface area contributed by atoms with Crippen molar-refractivity contribution in [2.45, 2.75) is 0 Å². The van der Waals surface area contributed by atoms with Crippen LogP contribution in [0.5, 0.6) is 0 Å².